The minimum Gasteiger partial charge on any atom is -0.343 e. The first-order valence-electron chi connectivity index (χ1n) is 7.06. The minimum absolute atomic E-state index is 0.0255. The standard InChI is InChI=1S/C15H21Cl2FN2O/c1-4-20(5-2)13(21)8-9-19-10(3)14-11(16)6-7-12(18)15(14)17/h6-7,10,19H,4-5,8-9H2,1-3H3. The van der Waals surface area contributed by atoms with E-state index in [0.29, 0.717) is 36.6 Å². The maximum Gasteiger partial charge on any atom is 0.223 e. The summed E-state index contributed by atoms with van der Waals surface area (Å²) in [6.07, 6.45) is 0.385. The summed E-state index contributed by atoms with van der Waals surface area (Å²) in [7, 11) is 0. The molecule has 0 aliphatic carbocycles. The first-order valence-corrected chi connectivity index (χ1v) is 7.82. The molecule has 0 radical (unpaired) electrons. The molecule has 21 heavy (non-hydrogen) atoms. The number of nitrogens with one attached hydrogen (secondary N) is 1. The van der Waals surface area contributed by atoms with Crippen LogP contribution in [0.15, 0.2) is 12.1 Å². The zero-order valence-corrected chi connectivity index (χ0v) is 14.1. The molecule has 1 amide bonds. The molecule has 3 nitrogen and oxygen atoms in total. The predicted octanol–water partition coefficient (Wildman–Crippen LogP) is 4.04. The summed E-state index contributed by atoms with van der Waals surface area (Å²) in [6.45, 7) is 7.63. The van der Waals surface area contributed by atoms with E-state index in [1.807, 2.05) is 20.8 Å². The van der Waals surface area contributed by atoms with Crippen molar-refractivity contribution in [3.8, 4) is 0 Å². The van der Waals surface area contributed by atoms with E-state index in [0.717, 1.165) is 0 Å². The molecule has 1 aromatic carbocycles. The number of nitrogens with zero attached hydrogens (tertiary/aromatic N) is 1. The molecule has 118 valence electrons. The molecule has 6 heteroatoms. The van der Waals surface area contributed by atoms with Crippen molar-refractivity contribution in [1.82, 2.24) is 10.2 Å². The molecule has 0 heterocycles. The maximum atomic E-state index is 13.5. The average Bonchev–Trinajstić information content (AvgIpc) is 2.44. The van der Waals surface area contributed by atoms with Crippen LogP contribution in [-0.2, 0) is 4.79 Å². The fraction of sp³-hybridized carbons (Fsp3) is 0.533. The molecule has 0 aliphatic heterocycles. The van der Waals surface area contributed by atoms with Crippen LogP contribution in [0.3, 0.4) is 0 Å². The summed E-state index contributed by atoms with van der Waals surface area (Å²) in [5.74, 6) is -0.403. The Bertz CT molecular complexity index is 493. The number of amides is 1. The number of benzene rings is 1. The molecular weight excluding hydrogens is 314 g/mol. The normalized spacial score (nSPS) is 12.3. The molecule has 0 bridgehead atoms. The van der Waals surface area contributed by atoms with Gasteiger partial charge in [0.05, 0.1) is 5.02 Å². The molecule has 0 fully saturated rings. The Labute approximate surface area is 135 Å². The summed E-state index contributed by atoms with van der Waals surface area (Å²) in [4.78, 5) is 13.7. The van der Waals surface area contributed by atoms with E-state index in [-0.39, 0.29) is 17.0 Å². The molecule has 0 aromatic heterocycles. The number of halogens is 3. The highest BCUT2D eigenvalue weighted by Gasteiger charge is 2.17. The lowest BCUT2D eigenvalue weighted by atomic mass is 10.1. The smallest absolute Gasteiger partial charge is 0.223 e. The Balaban J connectivity index is 2.61. The maximum absolute atomic E-state index is 13.5. The van der Waals surface area contributed by atoms with Crippen LogP contribution in [0.5, 0.6) is 0 Å². The summed E-state index contributed by atoms with van der Waals surface area (Å²) in [6, 6.07) is 2.49. The van der Waals surface area contributed by atoms with Gasteiger partial charge in [0.15, 0.2) is 0 Å². The van der Waals surface area contributed by atoms with Crippen LogP contribution < -0.4 is 5.32 Å². The Morgan fingerprint density at radius 3 is 2.52 bits per heavy atom. The molecule has 1 unspecified atom stereocenters. The number of hydrogen-bond acceptors (Lipinski definition) is 2. The molecule has 1 atom stereocenters. The fourth-order valence-electron chi connectivity index (χ4n) is 2.17. The number of rotatable bonds is 7. The first-order chi connectivity index (χ1) is 9.92. The second-order valence-corrected chi connectivity index (χ2v) is 5.53. The van der Waals surface area contributed by atoms with Crippen molar-refractivity contribution in [2.75, 3.05) is 19.6 Å². The van der Waals surface area contributed by atoms with Crippen molar-refractivity contribution >= 4 is 29.1 Å². The molecule has 1 aromatic rings. The van der Waals surface area contributed by atoms with Gasteiger partial charge in [-0.25, -0.2) is 4.39 Å². The second-order valence-electron chi connectivity index (χ2n) is 4.75. The van der Waals surface area contributed by atoms with E-state index in [4.69, 9.17) is 23.2 Å². The number of hydrogen-bond donors (Lipinski definition) is 1. The van der Waals surface area contributed by atoms with Crippen LogP contribution in [0.1, 0.15) is 38.8 Å². The zero-order valence-electron chi connectivity index (χ0n) is 12.5. The quantitative estimate of drug-likeness (QED) is 0.763. The number of carbonyl (C=O) groups is 1. The van der Waals surface area contributed by atoms with Crippen molar-refractivity contribution in [1.29, 1.82) is 0 Å². The zero-order chi connectivity index (χ0) is 16.0. The van der Waals surface area contributed by atoms with E-state index >= 15 is 0 Å². The van der Waals surface area contributed by atoms with Gasteiger partial charge < -0.3 is 10.2 Å². The topological polar surface area (TPSA) is 32.3 Å². The van der Waals surface area contributed by atoms with Crippen molar-refractivity contribution in [2.24, 2.45) is 0 Å². The highest BCUT2D eigenvalue weighted by Crippen LogP contribution is 2.32. The van der Waals surface area contributed by atoms with Gasteiger partial charge in [0.2, 0.25) is 5.91 Å². The molecule has 1 N–H and O–H groups in total. The lowest BCUT2D eigenvalue weighted by Crippen LogP contribution is -2.33. The van der Waals surface area contributed by atoms with Crippen molar-refractivity contribution in [3.05, 3.63) is 33.6 Å². The monoisotopic (exact) mass is 334 g/mol. The molecular formula is C15H21Cl2FN2O. The second kappa shape index (κ2) is 8.57. The van der Waals surface area contributed by atoms with Gasteiger partial charge in [-0.1, -0.05) is 23.2 Å². The van der Waals surface area contributed by atoms with Crippen molar-refractivity contribution in [2.45, 2.75) is 33.2 Å². The average molecular weight is 335 g/mol. The Morgan fingerprint density at radius 1 is 1.33 bits per heavy atom. The van der Waals surface area contributed by atoms with Gasteiger partial charge in [0.25, 0.3) is 0 Å². The molecule has 1 rings (SSSR count). The van der Waals surface area contributed by atoms with Gasteiger partial charge in [-0.2, -0.15) is 0 Å². The van der Waals surface area contributed by atoms with E-state index in [9.17, 15) is 9.18 Å². The van der Waals surface area contributed by atoms with E-state index in [2.05, 4.69) is 5.32 Å². The highest BCUT2D eigenvalue weighted by atomic mass is 35.5. The highest BCUT2D eigenvalue weighted by molar-refractivity contribution is 6.36. The van der Waals surface area contributed by atoms with E-state index in [1.165, 1.54) is 12.1 Å². The summed E-state index contributed by atoms with van der Waals surface area (Å²) >= 11 is 12.0. The van der Waals surface area contributed by atoms with Crippen molar-refractivity contribution in [3.63, 3.8) is 0 Å². The lowest BCUT2D eigenvalue weighted by Gasteiger charge is -2.20. The van der Waals surface area contributed by atoms with Crippen LogP contribution >= 0.6 is 23.2 Å². The number of carbonyl (C=O) groups excluding carboxylic acids is 1. The third-order valence-electron chi connectivity index (χ3n) is 3.42. The Hall–Kier alpha value is -0.840. The first kappa shape index (κ1) is 18.2. The van der Waals surface area contributed by atoms with Gasteiger partial charge in [-0.05, 0) is 32.9 Å². The van der Waals surface area contributed by atoms with Gasteiger partial charge in [0.1, 0.15) is 5.82 Å². The third-order valence-corrected chi connectivity index (χ3v) is 4.13. The molecule has 0 spiro atoms. The summed E-state index contributed by atoms with van der Waals surface area (Å²) in [5.41, 5.74) is 0.522. The molecule has 0 saturated heterocycles. The van der Waals surface area contributed by atoms with Crippen LogP contribution in [0.4, 0.5) is 4.39 Å². The largest absolute Gasteiger partial charge is 0.343 e. The van der Waals surface area contributed by atoms with Crippen LogP contribution in [0, 0.1) is 5.82 Å². The SMILES string of the molecule is CCN(CC)C(=O)CCNC(C)c1c(Cl)ccc(F)c1Cl. The van der Waals surface area contributed by atoms with Gasteiger partial charge in [-0.15, -0.1) is 0 Å². The molecule has 0 saturated carbocycles. The van der Waals surface area contributed by atoms with Crippen molar-refractivity contribution < 1.29 is 9.18 Å². The van der Waals surface area contributed by atoms with E-state index < -0.39 is 5.82 Å². The predicted molar refractivity (Wildman–Crippen MR) is 85.4 cm³/mol. The Morgan fingerprint density at radius 2 is 1.95 bits per heavy atom. The van der Waals surface area contributed by atoms with Gasteiger partial charge in [-0.3, -0.25) is 4.79 Å². The van der Waals surface area contributed by atoms with Crippen LogP contribution in [0.2, 0.25) is 10.0 Å². The molecule has 0 aliphatic rings. The van der Waals surface area contributed by atoms with Crippen LogP contribution in [0.25, 0.3) is 0 Å². The summed E-state index contributed by atoms with van der Waals surface area (Å²) < 4.78 is 13.5. The fourth-order valence-corrected chi connectivity index (χ4v) is 2.87. The van der Waals surface area contributed by atoms with Gasteiger partial charge in [0, 0.05) is 42.7 Å². The Kier molecular flexibility index (Phi) is 7.43. The summed E-state index contributed by atoms with van der Waals surface area (Å²) in [5, 5.41) is 3.60. The third kappa shape index (κ3) is 4.83. The van der Waals surface area contributed by atoms with E-state index in [1.54, 1.807) is 4.90 Å². The minimum atomic E-state index is -0.496. The lowest BCUT2D eigenvalue weighted by molar-refractivity contribution is -0.130. The van der Waals surface area contributed by atoms with Crippen LogP contribution in [-0.4, -0.2) is 30.4 Å². The van der Waals surface area contributed by atoms with Gasteiger partial charge >= 0.3 is 0 Å².